The number of rotatable bonds is 6. The van der Waals surface area contributed by atoms with Crippen LogP contribution in [0.25, 0.3) is 27.5 Å². The molecule has 0 aliphatic heterocycles. The average molecular weight is 427 g/mol. The molecule has 162 valence electrons. The van der Waals surface area contributed by atoms with Crippen molar-refractivity contribution in [2.75, 3.05) is 11.9 Å². The van der Waals surface area contributed by atoms with Gasteiger partial charge in [0.05, 0.1) is 29.9 Å². The van der Waals surface area contributed by atoms with Crippen LogP contribution >= 0.6 is 0 Å². The first-order chi connectivity index (χ1) is 15.6. The topological polar surface area (TPSA) is 80.7 Å². The van der Waals surface area contributed by atoms with Crippen LogP contribution < -0.4 is 10.1 Å². The lowest BCUT2D eigenvalue weighted by Crippen LogP contribution is -2.05. The zero-order valence-electron chi connectivity index (χ0n) is 18.7. The highest BCUT2D eigenvalue weighted by Crippen LogP contribution is 2.34. The largest absolute Gasteiger partial charge is 0.494 e. The highest BCUT2D eigenvalue weighted by atomic mass is 16.5. The molecule has 7 nitrogen and oxygen atoms in total. The molecule has 0 bridgehead atoms. The van der Waals surface area contributed by atoms with Gasteiger partial charge < -0.3 is 19.6 Å². The molecule has 0 radical (unpaired) electrons. The molecule has 0 aliphatic rings. The van der Waals surface area contributed by atoms with Gasteiger partial charge in [-0.25, -0.2) is 4.98 Å². The third-order valence-corrected chi connectivity index (χ3v) is 5.81. The van der Waals surface area contributed by atoms with E-state index in [9.17, 15) is 0 Å². The highest BCUT2D eigenvalue weighted by Gasteiger charge is 2.19. The molecule has 0 atom stereocenters. The van der Waals surface area contributed by atoms with Gasteiger partial charge in [0.2, 0.25) is 0 Å². The van der Waals surface area contributed by atoms with Crippen LogP contribution in [-0.4, -0.2) is 31.3 Å². The number of benzene rings is 2. The molecular formula is C25H26N6O. The van der Waals surface area contributed by atoms with Gasteiger partial charge in [0.15, 0.2) is 5.82 Å². The maximum absolute atomic E-state index is 5.60. The van der Waals surface area contributed by atoms with Gasteiger partial charge in [-0.2, -0.15) is 5.10 Å². The Morgan fingerprint density at radius 1 is 0.938 bits per heavy atom. The Labute approximate surface area is 186 Å². The number of H-pyrrole nitrogens is 1. The monoisotopic (exact) mass is 426 g/mol. The van der Waals surface area contributed by atoms with E-state index >= 15 is 0 Å². The Balaban J connectivity index is 1.54. The maximum atomic E-state index is 5.60. The van der Waals surface area contributed by atoms with E-state index in [4.69, 9.17) is 4.74 Å². The van der Waals surface area contributed by atoms with E-state index in [-0.39, 0.29) is 0 Å². The van der Waals surface area contributed by atoms with E-state index < -0.39 is 0 Å². The predicted octanol–water partition coefficient (Wildman–Crippen LogP) is 5.23. The molecule has 2 aromatic carbocycles. The van der Waals surface area contributed by atoms with Crippen LogP contribution in [-0.2, 0) is 6.54 Å². The van der Waals surface area contributed by atoms with Crippen molar-refractivity contribution in [1.29, 1.82) is 0 Å². The molecule has 3 heterocycles. The van der Waals surface area contributed by atoms with Crippen molar-refractivity contribution in [2.24, 2.45) is 0 Å². The number of hydrogen-bond donors (Lipinski definition) is 2. The van der Waals surface area contributed by atoms with Gasteiger partial charge in [-0.1, -0.05) is 12.1 Å². The molecule has 5 rings (SSSR count). The zero-order chi connectivity index (χ0) is 22.2. The van der Waals surface area contributed by atoms with Gasteiger partial charge in [-0.05, 0) is 64.1 Å². The lowest BCUT2D eigenvalue weighted by atomic mass is 10.1. The number of aryl methyl sites for hydroxylation is 3. The van der Waals surface area contributed by atoms with Crippen LogP contribution in [0, 0.1) is 20.8 Å². The van der Waals surface area contributed by atoms with Crippen LogP contribution in [0.3, 0.4) is 0 Å². The molecule has 0 spiro atoms. The number of aromatic amines is 1. The summed E-state index contributed by atoms with van der Waals surface area (Å²) in [5.41, 5.74) is 6.24. The second-order valence-corrected chi connectivity index (χ2v) is 7.87. The Kier molecular flexibility index (Phi) is 5.01. The van der Waals surface area contributed by atoms with E-state index in [1.54, 1.807) is 0 Å². The average Bonchev–Trinajstić information content (AvgIpc) is 3.33. The molecular weight excluding hydrogens is 400 g/mol. The first-order valence-corrected chi connectivity index (χ1v) is 10.8. The van der Waals surface area contributed by atoms with Crippen molar-refractivity contribution in [3.8, 4) is 11.4 Å². The van der Waals surface area contributed by atoms with Gasteiger partial charge in [-0.15, -0.1) is 5.10 Å². The van der Waals surface area contributed by atoms with Crippen molar-refractivity contribution in [2.45, 2.75) is 34.2 Å². The van der Waals surface area contributed by atoms with Gasteiger partial charge in [-0.3, -0.25) is 0 Å². The molecule has 0 unspecified atom stereocenters. The third-order valence-electron chi connectivity index (χ3n) is 5.81. The summed E-state index contributed by atoms with van der Waals surface area (Å²) in [4.78, 5) is 8.02. The summed E-state index contributed by atoms with van der Waals surface area (Å²) < 4.78 is 7.86. The predicted molar refractivity (Wildman–Crippen MR) is 128 cm³/mol. The number of imidazole rings is 1. The zero-order valence-corrected chi connectivity index (χ0v) is 18.7. The second kappa shape index (κ2) is 8.00. The highest BCUT2D eigenvalue weighted by molar-refractivity contribution is 5.98. The number of hydrogen-bond acceptors (Lipinski definition) is 5. The smallest absolute Gasteiger partial charge is 0.158 e. The first kappa shape index (κ1) is 20.1. The van der Waals surface area contributed by atoms with Crippen molar-refractivity contribution in [3.63, 3.8) is 0 Å². The van der Waals surface area contributed by atoms with E-state index in [1.807, 2.05) is 50.2 Å². The molecule has 0 amide bonds. The Morgan fingerprint density at radius 2 is 1.69 bits per heavy atom. The number of aromatic nitrogens is 5. The summed E-state index contributed by atoms with van der Waals surface area (Å²) >= 11 is 0. The van der Waals surface area contributed by atoms with Crippen LogP contribution in [0.15, 0.2) is 48.5 Å². The van der Waals surface area contributed by atoms with E-state index in [0.717, 1.165) is 62.0 Å². The Bertz CT molecular complexity index is 1380. The lowest BCUT2D eigenvalue weighted by Gasteiger charge is -2.11. The molecule has 2 N–H and O–H groups in total. The minimum atomic E-state index is 0.536. The summed E-state index contributed by atoms with van der Waals surface area (Å²) in [5.74, 6) is 2.49. The molecule has 0 saturated carbocycles. The van der Waals surface area contributed by atoms with Gasteiger partial charge in [0, 0.05) is 27.8 Å². The Morgan fingerprint density at radius 3 is 2.44 bits per heavy atom. The number of nitrogens with zero attached hydrogens (tertiary/aromatic N) is 4. The lowest BCUT2D eigenvalue weighted by molar-refractivity contribution is 0.340. The third kappa shape index (κ3) is 3.36. The normalized spacial score (nSPS) is 11.4. The van der Waals surface area contributed by atoms with Crippen LogP contribution in [0.1, 0.15) is 29.8 Å². The minimum Gasteiger partial charge on any atom is -0.494 e. The molecule has 7 heteroatoms. The van der Waals surface area contributed by atoms with E-state index in [2.05, 4.69) is 56.0 Å². The number of para-hydroxylation sites is 2. The van der Waals surface area contributed by atoms with Gasteiger partial charge in [0.1, 0.15) is 11.6 Å². The fraction of sp³-hybridized carbons (Fsp3) is 0.240. The maximum Gasteiger partial charge on any atom is 0.158 e. The van der Waals surface area contributed by atoms with E-state index in [1.165, 1.54) is 0 Å². The summed E-state index contributed by atoms with van der Waals surface area (Å²) in [6, 6.07) is 16.2. The standard InChI is InChI=1S/C25H26N6O/c1-5-32-19-12-10-18(11-13-19)31-16(3)23-15(2)29-30-25(24(23)17(31)4)26-14-22-27-20-8-6-7-9-21(20)28-22/h6-13H,5,14H2,1-4H3,(H,26,30)(H,27,28). The minimum absolute atomic E-state index is 0.536. The molecule has 5 aromatic rings. The second-order valence-electron chi connectivity index (χ2n) is 7.87. The summed E-state index contributed by atoms with van der Waals surface area (Å²) in [6.07, 6.45) is 0. The molecule has 0 fully saturated rings. The summed E-state index contributed by atoms with van der Waals surface area (Å²) in [7, 11) is 0. The number of ether oxygens (including phenoxy) is 1. The van der Waals surface area contributed by atoms with Crippen LogP contribution in [0.2, 0.25) is 0 Å². The van der Waals surface area contributed by atoms with Crippen molar-refractivity contribution in [3.05, 3.63) is 71.4 Å². The molecule has 3 aromatic heterocycles. The van der Waals surface area contributed by atoms with Gasteiger partial charge >= 0.3 is 0 Å². The first-order valence-electron chi connectivity index (χ1n) is 10.8. The molecule has 0 aliphatic carbocycles. The Hall–Kier alpha value is -3.87. The van der Waals surface area contributed by atoms with Gasteiger partial charge in [0.25, 0.3) is 0 Å². The quantitative estimate of drug-likeness (QED) is 0.388. The fourth-order valence-electron chi connectivity index (χ4n) is 4.42. The molecule has 32 heavy (non-hydrogen) atoms. The number of fused-ring (bicyclic) bond motifs is 2. The SMILES string of the molecule is CCOc1ccc(-n2c(C)c3c(C)nnc(NCc4nc5ccccc5[nH]4)c3c2C)cc1. The fourth-order valence-corrected chi connectivity index (χ4v) is 4.42. The summed E-state index contributed by atoms with van der Waals surface area (Å²) in [6.45, 7) is 9.44. The van der Waals surface area contributed by atoms with E-state index in [0.29, 0.717) is 13.2 Å². The summed E-state index contributed by atoms with van der Waals surface area (Å²) in [5, 5.41) is 14.6. The van der Waals surface area contributed by atoms with Crippen LogP contribution in [0.4, 0.5) is 5.82 Å². The molecule has 0 saturated heterocycles. The number of nitrogens with one attached hydrogen (secondary N) is 2. The van der Waals surface area contributed by atoms with Crippen molar-refractivity contribution in [1.82, 2.24) is 24.7 Å². The van der Waals surface area contributed by atoms with Crippen molar-refractivity contribution < 1.29 is 4.74 Å². The van der Waals surface area contributed by atoms with Crippen LogP contribution in [0.5, 0.6) is 5.75 Å². The van der Waals surface area contributed by atoms with Crippen molar-refractivity contribution >= 4 is 27.6 Å². The number of anilines is 1.